The van der Waals surface area contributed by atoms with E-state index in [0.29, 0.717) is 11.3 Å². The lowest BCUT2D eigenvalue weighted by molar-refractivity contribution is 0.108. The summed E-state index contributed by atoms with van der Waals surface area (Å²) < 4.78 is 0. The van der Waals surface area contributed by atoms with Crippen LogP contribution in [0.2, 0.25) is 5.28 Å². The van der Waals surface area contributed by atoms with Crippen molar-refractivity contribution in [3.63, 3.8) is 0 Å². The van der Waals surface area contributed by atoms with Gasteiger partial charge >= 0.3 is 0 Å². The minimum Gasteiger partial charge on any atom is -0.396 e. The summed E-state index contributed by atoms with van der Waals surface area (Å²) in [5.74, 6) is 0. The lowest BCUT2D eigenvalue weighted by Gasteiger charge is -2.37. The molecule has 0 aromatic carbocycles. The van der Waals surface area contributed by atoms with Gasteiger partial charge < -0.3 is 5.11 Å². The van der Waals surface area contributed by atoms with E-state index in [1.165, 1.54) is 19.3 Å². The van der Waals surface area contributed by atoms with E-state index in [0.717, 1.165) is 25.2 Å². The normalized spacial score (nSPS) is 16.2. The SMILES string of the molecule is OCCCN(Cc1ccnc(Cl)n1)C1CCC1. The van der Waals surface area contributed by atoms with Crippen LogP contribution in [0.3, 0.4) is 0 Å². The Kier molecular flexibility index (Phi) is 4.71. The zero-order chi connectivity index (χ0) is 12.1. The molecule has 5 heteroatoms. The Morgan fingerprint density at radius 3 is 2.88 bits per heavy atom. The summed E-state index contributed by atoms with van der Waals surface area (Å²) >= 11 is 5.78. The average molecular weight is 256 g/mol. The molecule has 0 aliphatic heterocycles. The number of aliphatic hydroxyl groups excluding tert-OH is 1. The maximum absolute atomic E-state index is 8.92. The summed E-state index contributed by atoms with van der Waals surface area (Å²) in [5.41, 5.74) is 0.954. The second kappa shape index (κ2) is 6.28. The zero-order valence-corrected chi connectivity index (χ0v) is 10.6. The van der Waals surface area contributed by atoms with Gasteiger partial charge in [0.25, 0.3) is 0 Å². The first-order chi connectivity index (χ1) is 8.29. The van der Waals surface area contributed by atoms with E-state index < -0.39 is 0 Å². The first-order valence-corrected chi connectivity index (χ1v) is 6.49. The molecule has 1 heterocycles. The van der Waals surface area contributed by atoms with Gasteiger partial charge in [-0.15, -0.1) is 0 Å². The largest absolute Gasteiger partial charge is 0.396 e. The highest BCUT2D eigenvalue weighted by molar-refractivity contribution is 6.28. The molecule has 0 saturated heterocycles. The van der Waals surface area contributed by atoms with E-state index in [-0.39, 0.29) is 6.61 Å². The number of nitrogens with zero attached hydrogens (tertiary/aromatic N) is 3. The molecule has 0 atom stereocenters. The van der Waals surface area contributed by atoms with Crippen LogP contribution < -0.4 is 0 Å². The number of halogens is 1. The van der Waals surface area contributed by atoms with E-state index >= 15 is 0 Å². The number of aromatic nitrogens is 2. The third-order valence-corrected chi connectivity index (χ3v) is 3.43. The lowest BCUT2D eigenvalue weighted by Crippen LogP contribution is -2.40. The third-order valence-electron chi connectivity index (χ3n) is 3.24. The van der Waals surface area contributed by atoms with Crippen molar-refractivity contribution < 1.29 is 5.11 Å². The molecule has 1 saturated carbocycles. The Hall–Kier alpha value is -0.710. The van der Waals surface area contributed by atoms with Gasteiger partial charge in [0.15, 0.2) is 0 Å². The molecule has 0 unspecified atom stereocenters. The lowest BCUT2D eigenvalue weighted by atomic mass is 9.91. The topological polar surface area (TPSA) is 49.2 Å². The molecule has 17 heavy (non-hydrogen) atoms. The minimum atomic E-state index is 0.244. The molecule has 1 aromatic heterocycles. The van der Waals surface area contributed by atoms with Crippen molar-refractivity contribution in [3.8, 4) is 0 Å². The monoisotopic (exact) mass is 255 g/mol. The maximum Gasteiger partial charge on any atom is 0.222 e. The van der Waals surface area contributed by atoms with Gasteiger partial charge in [0, 0.05) is 31.9 Å². The summed E-state index contributed by atoms with van der Waals surface area (Å²) in [4.78, 5) is 10.5. The summed E-state index contributed by atoms with van der Waals surface area (Å²) in [6.45, 7) is 1.96. The zero-order valence-electron chi connectivity index (χ0n) is 9.85. The van der Waals surface area contributed by atoms with Crippen molar-refractivity contribution in [3.05, 3.63) is 23.2 Å². The molecule has 94 valence electrons. The molecule has 1 aliphatic carbocycles. The quantitative estimate of drug-likeness (QED) is 0.789. The Labute approximate surface area is 107 Å². The molecule has 2 rings (SSSR count). The Morgan fingerprint density at radius 1 is 1.47 bits per heavy atom. The highest BCUT2D eigenvalue weighted by atomic mass is 35.5. The van der Waals surface area contributed by atoms with E-state index in [2.05, 4.69) is 14.9 Å². The molecule has 1 aliphatic rings. The van der Waals surface area contributed by atoms with Crippen LogP contribution in [-0.2, 0) is 6.54 Å². The molecule has 1 N–H and O–H groups in total. The molecular formula is C12H18ClN3O. The van der Waals surface area contributed by atoms with E-state index in [9.17, 15) is 0 Å². The van der Waals surface area contributed by atoms with E-state index in [4.69, 9.17) is 16.7 Å². The minimum absolute atomic E-state index is 0.244. The number of hydrogen-bond donors (Lipinski definition) is 1. The van der Waals surface area contributed by atoms with Gasteiger partial charge in [-0.05, 0) is 36.9 Å². The first-order valence-electron chi connectivity index (χ1n) is 6.12. The van der Waals surface area contributed by atoms with Crippen molar-refractivity contribution in [1.82, 2.24) is 14.9 Å². The fourth-order valence-corrected chi connectivity index (χ4v) is 2.25. The highest BCUT2D eigenvalue weighted by Gasteiger charge is 2.24. The van der Waals surface area contributed by atoms with Gasteiger partial charge in [-0.2, -0.15) is 0 Å². The second-order valence-corrected chi connectivity index (χ2v) is 4.79. The number of aliphatic hydroxyl groups is 1. The van der Waals surface area contributed by atoms with Gasteiger partial charge in [0.2, 0.25) is 5.28 Å². The highest BCUT2D eigenvalue weighted by Crippen LogP contribution is 2.26. The van der Waals surface area contributed by atoms with E-state index in [1.54, 1.807) is 6.20 Å². The standard InChI is InChI=1S/C12H18ClN3O/c13-12-14-6-5-10(15-12)9-16(7-2-8-17)11-3-1-4-11/h5-6,11,17H,1-4,7-9H2. The van der Waals surface area contributed by atoms with Crippen LogP contribution in [0.5, 0.6) is 0 Å². The van der Waals surface area contributed by atoms with Crippen molar-refractivity contribution >= 4 is 11.6 Å². The van der Waals surface area contributed by atoms with Gasteiger partial charge in [-0.3, -0.25) is 4.90 Å². The van der Waals surface area contributed by atoms with Crippen molar-refractivity contribution in [2.24, 2.45) is 0 Å². The summed E-state index contributed by atoms with van der Waals surface area (Å²) in [6.07, 6.45) is 6.32. The van der Waals surface area contributed by atoms with Crippen LogP contribution in [-0.4, -0.2) is 39.2 Å². The summed E-state index contributed by atoms with van der Waals surface area (Å²) in [5, 5.41) is 9.23. The molecule has 0 bridgehead atoms. The van der Waals surface area contributed by atoms with Gasteiger partial charge in [-0.25, -0.2) is 9.97 Å². The fraction of sp³-hybridized carbons (Fsp3) is 0.667. The fourth-order valence-electron chi connectivity index (χ4n) is 2.08. The Morgan fingerprint density at radius 2 is 2.29 bits per heavy atom. The van der Waals surface area contributed by atoms with Gasteiger partial charge in [0.05, 0.1) is 5.69 Å². The van der Waals surface area contributed by atoms with Crippen molar-refractivity contribution in [2.75, 3.05) is 13.2 Å². The average Bonchev–Trinajstić information content (AvgIpc) is 2.23. The molecule has 0 spiro atoms. The van der Waals surface area contributed by atoms with Crippen LogP contribution >= 0.6 is 11.6 Å². The van der Waals surface area contributed by atoms with Crippen molar-refractivity contribution in [2.45, 2.75) is 38.3 Å². The Bertz CT molecular complexity index is 357. The smallest absolute Gasteiger partial charge is 0.222 e. The third kappa shape index (κ3) is 3.63. The first kappa shape index (κ1) is 12.7. The summed E-state index contributed by atoms with van der Waals surface area (Å²) in [7, 11) is 0. The van der Waals surface area contributed by atoms with Crippen molar-refractivity contribution in [1.29, 1.82) is 0 Å². The van der Waals surface area contributed by atoms with Gasteiger partial charge in [-0.1, -0.05) is 6.42 Å². The van der Waals surface area contributed by atoms with Crippen LogP contribution in [0.4, 0.5) is 0 Å². The maximum atomic E-state index is 8.92. The molecule has 1 fully saturated rings. The van der Waals surface area contributed by atoms with Crippen LogP contribution in [0.1, 0.15) is 31.4 Å². The predicted octanol–water partition coefficient (Wildman–Crippen LogP) is 1.87. The predicted molar refractivity (Wildman–Crippen MR) is 66.8 cm³/mol. The van der Waals surface area contributed by atoms with Crippen LogP contribution in [0.25, 0.3) is 0 Å². The number of hydrogen-bond acceptors (Lipinski definition) is 4. The number of rotatable bonds is 6. The second-order valence-electron chi connectivity index (χ2n) is 4.45. The molecule has 4 nitrogen and oxygen atoms in total. The molecule has 0 radical (unpaired) electrons. The van der Waals surface area contributed by atoms with Gasteiger partial charge in [0.1, 0.15) is 0 Å². The molecular weight excluding hydrogens is 238 g/mol. The summed E-state index contributed by atoms with van der Waals surface area (Å²) in [6, 6.07) is 2.55. The molecule has 1 aromatic rings. The molecule has 0 amide bonds. The van der Waals surface area contributed by atoms with Crippen LogP contribution in [0.15, 0.2) is 12.3 Å². The van der Waals surface area contributed by atoms with E-state index in [1.807, 2.05) is 6.07 Å². The van der Waals surface area contributed by atoms with Crippen LogP contribution in [0, 0.1) is 0 Å². The Balaban J connectivity index is 1.95.